The van der Waals surface area contributed by atoms with Crippen LogP contribution in [0.15, 0.2) is 16.7 Å². The van der Waals surface area contributed by atoms with Crippen LogP contribution in [0.25, 0.3) is 0 Å². The maximum absolute atomic E-state index is 12.7. The van der Waals surface area contributed by atoms with Crippen LogP contribution >= 0.6 is 15.9 Å². The molecule has 2 bridgehead atoms. The summed E-state index contributed by atoms with van der Waals surface area (Å²) >= 11 is 3.51. The van der Waals surface area contributed by atoms with Crippen LogP contribution in [-0.4, -0.2) is 28.0 Å². The third-order valence-corrected chi connectivity index (χ3v) is 5.08. The lowest BCUT2D eigenvalue weighted by Crippen LogP contribution is -2.38. The predicted molar refractivity (Wildman–Crippen MR) is 72.6 cm³/mol. The highest BCUT2D eigenvalue weighted by Crippen LogP contribution is 2.41. The average molecular weight is 309 g/mol. The van der Waals surface area contributed by atoms with Crippen molar-refractivity contribution in [3.63, 3.8) is 0 Å². The van der Waals surface area contributed by atoms with Gasteiger partial charge in [0.2, 0.25) is 0 Å². The highest BCUT2D eigenvalue weighted by Gasteiger charge is 2.41. The van der Waals surface area contributed by atoms with E-state index in [-0.39, 0.29) is 5.91 Å². The number of halogens is 1. The zero-order chi connectivity index (χ0) is 12.3. The first kappa shape index (κ1) is 11.1. The van der Waals surface area contributed by atoms with E-state index in [2.05, 4.69) is 31.6 Å². The van der Waals surface area contributed by atoms with Gasteiger partial charge in [0.25, 0.3) is 5.91 Å². The van der Waals surface area contributed by atoms with Gasteiger partial charge in [-0.1, -0.05) is 0 Å². The first-order valence-corrected chi connectivity index (χ1v) is 7.70. The second kappa shape index (κ2) is 3.86. The molecule has 2 unspecified atom stereocenters. The summed E-state index contributed by atoms with van der Waals surface area (Å²) in [5, 5.41) is 0. The molecule has 2 saturated carbocycles. The van der Waals surface area contributed by atoms with Crippen LogP contribution < -0.4 is 0 Å². The number of piperidine rings is 1. The van der Waals surface area contributed by atoms with Crippen molar-refractivity contribution >= 4 is 21.8 Å². The van der Waals surface area contributed by atoms with Gasteiger partial charge in [-0.3, -0.25) is 4.79 Å². The van der Waals surface area contributed by atoms with Crippen LogP contribution in [-0.2, 0) is 0 Å². The van der Waals surface area contributed by atoms with Crippen molar-refractivity contribution in [1.82, 2.24) is 9.47 Å². The summed E-state index contributed by atoms with van der Waals surface area (Å²) in [4.78, 5) is 14.8. The molecular weight excluding hydrogens is 292 g/mol. The van der Waals surface area contributed by atoms with Crippen molar-refractivity contribution in [3.05, 3.63) is 22.4 Å². The highest BCUT2D eigenvalue weighted by molar-refractivity contribution is 9.10. The van der Waals surface area contributed by atoms with Gasteiger partial charge in [-0.15, -0.1) is 0 Å². The molecule has 2 atom stereocenters. The first-order valence-electron chi connectivity index (χ1n) is 6.90. The van der Waals surface area contributed by atoms with E-state index in [0.29, 0.717) is 12.1 Å². The van der Waals surface area contributed by atoms with Crippen LogP contribution in [0.5, 0.6) is 0 Å². The first-order chi connectivity index (χ1) is 8.72. The van der Waals surface area contributed by atoms with Crippen LogP contribution in [0, 0.1) is 5.92 Å². The standard InChI is InChI=1S/C14H17BrN2O/c15-10-6-13(16(8-10)11-3-4-11)14(18)17-7-9-1-2-12(17)5-9/h6,8-9,11-12H,1-5,7H2. The number of likely N-dealkylation sites (tertiary alicyclic amines) is 1. The van der Waals surface area contributed by atoms with Gasteiger partial charge >= 0.3 is 0 Å². The Bertz CT molecular complexity index is 506. The Morgan fingerprint density at radius 2 is 2.00 bits per heavy atom. The van der Waals surface area contributed by atoms with Gasteiger partial charge in [-0.25, -0.2) is 0 Å². The van der Waals surface area contributed by atoms with Gasteiger partial charge in [0.05, 0.1) is 0 Å². The van der Waals surface area contributed by atoms with Gasteiger partial charge in [0.1, 0.15) is 5.69 Å². The van der Waals surface area contributed by atoms with Crippen LogP contribution in [0.4, 0.5) is 0 Å². The number of amides is 1. The third kappa shape index (κ3) is 1.65. The Kier molecular flexibility index (Phi) is 2.38. The van der Waals surface area contributed by atoms with E-state index in [4.69, 9.17) is 0 Å². The van der Waals surface area contributed by atoms with Gasteiger partial charge in [-0.05, 0) is 60.0 Å². The second-order valence-corrected chi connectivity index (χ2v) is 6.89. The topological polar surface area (TPSA) is 25.2 Å². The summed E-state index contributed by atoms with van der Waals surface area (Å²) in [5.41, 5.74) is 0.886. The number of carbonyl (C=O) groups excluding carboxylic acids is 1. The van der Waals surface area contributed by atoms with Crippen LogP contribution in [0.1, 0.15) is 48.6 Å². The molecule has 1 aromatic heterocycles. The van der Waals surface area contributed by atoms with E-state index in [0.717, 1.165) is 22.6 Å². The Labute approximate surface area is 115 Å². The molecule has 0 aromatic carbocycles. The molecule has 3 aliphatic rings. The summed E-state index contributed by atoms with van der Waals surface area (Å²) in [5.74, 6) is 1.02. The van der Waals surface area contributed by atoms with Gasteiger partial charge in [0, 0.05) is 29.3 Å². The molecule has 3 fully saturated rings. The smallest absolute Gasteiger partial charge is 0.270 e. The number of aromatic nitrogens is 1. The summed E-state index contributed by atoms with van der Waals surface area (Å²) < 4.78 is 3.21. The average Bonchev–Trinajstić information content (AvgIpc) is 2.83. The minimum Gasteiger partial charge on any atom is -0.339 e. The van der Waals surface area contributed by atoms with Crippen molar-refractivity contribution in [1.29, 1.82) is 0 Å². The van der Waals surface area contributed by atoms with Crippen molar-refractivity contribution in [2.24, 2.45) is 5.92 Å². The summed E-state index contributed by atoms with van der Waals surface area (Å²) in [6.45, 7) is 0.983. The Morgan fingerprint density at radius 1 is 1.22 bits per heavy atom. The Hall–Kier alpha value is -0.770. The second-order valence-electron chi connectivity index (χ2n) is 5.97. The number of hydrogen-bond donors (Lipinski definition) is 0. The lowest BCUT2D eigenvalue weighted by molar-refractivity contribution is 0.0692. The quantitative estimate of drug-likeness (QED) is 0.823. The zero-order valence-electron chi connectivity index (χ0n) is 10.3. The van der Waals surface area contributed by atoms with Gasteiger partial charge < -0.3 is 9.47 Å². The van der Waals surface area contributed by atoms with Gasteiger partial charge in [0.15, 0.2) is 0 Å². The molecule has 1 amide bonds. The number of carbonyl (C=O) groups is 1. The highest BCUT2D eigenvalue weighted by atomic mass is 79.9. The molecule has 0 spiro atoms. The SMILES string of the molecule is O=C(c1cc(Br)cn1C1CC1)N1CC2CCC1C2. The Balaban J connectivity index is 1.64. The summed E-state index contributed by atoms with van der Waals surface area (Å²) in [7, 11) is 0. The van der Waals surface area contributed by atoms with E-state index >= 15 is 0 Å². The number of hydrogen-bond acceptors (Lipinski definition) is 1. The molecule has 2 aliphatic carbocycles. The number of fused-ring (bicyclic) bond motifs is 2. The molecule has 0 radical (unpaired) electrons. The lowest BCUT2D eigenvalue weighted by atomic mass is 10.1. The van der Waals surface area contributed by atoms with Gasteiger partial charge in [-0.2, -0.15) is 0 Å². The van der Waals surface area contributed by atoms with Crippen molar-refractivity contribution in [2.45, 2.75) is 44.2 Å². The zero-order valence-corrected chi connectivity index (χ0v) is 11.9. The third-order valence-electron chi connectivity index (χ3n) is 4.64. The molecule has 96 valence electrons. The molecule has 1 aromatic rings. The molecular formula is C14H17BrN2O. The van der Waals surface area contributed by atoms with E-state index in [9.17, 15) is 4.79 Å². The number of nitrogens with zero attached hydrogens (tertiary/aromatic N) is 2. The van der Waals surface area contributed by atoms with E-state index in [1.807, 2.05) is 6.07 Å². The van der Waals surface area contributed by atoms with E-state index in [1.54, 1.807) is 0 Å². The molecule has 2 heterocycles. The molecule has 4 rings (SSSR count). The number of rotatable bonds is 2. The fourth-order valence-electron chi connectivity index (χ4n) is 3.59. The molecule has 4 heteroatoms. The van der Waals surface area contributed by atoms with Crippen LogP contribution in [0.3, 0.4) is 0 Å². The van der Waals surface area contributed by atoms with Crippen LogP contribution in [0.2, 0.25) is 0 Å². The molecule has 0 N–H and O–H groups in total. The minimum absolute atomic E-state index is 0.250. The van der Waals surface area contributed by atoms with Crippen molar-refractivity contribution in [3.8, 4) is 0 Å². The minimum atomic E-state index is 0.250. The normalized spacial score (nSPS) is 30.2. The van der Waals surface area contributed by atoms with Crippen molar-refractivity contribution in [2.75, 3.05) is 6.54 Å². The molecule has 1 aliphatic heterocycles. The van der Waals surface area contributed by atoms with E-state index < -0.39 is 0 Å². The summed E-state index contributed by atoms with van der Waals surface area (Å²) in [6.07, 6.45) is 8.26. The molecule has 1 saturated heterocycles. The largest absolute Gasteiger partial charge is 0.339 e. The summed E-state index contributed by atoms with van der Waals surface area (Å²) in [6, 6.07) is 3.07. The fourth-order valence-corrected chi connectivity index (χ4v) is 4.03. The predicted octanol–water partition coefficient (Wildman–Crippen LogP) is 3.21. The molecule has 18 heavy (non-hydrogen) atoms. The maximum Gasteiger partial charge on any atom is 0.270 e. The van der Waals surface area contributed by atoms with E-state index in [1.165, 1.54) is 32.1 Å². The lowest BCUT2D eigenvalue weighted by Gasteiger charge is -2.27. The monoisotopic (exact) mass is 308 g/mol. The maximum atomic E-state index is 12.7. The Morgan fingerprint density at radius 3 is 2.61 bits per heavy atom. The van der Waals surface area contributed by atoms with Crippen molar-refractivity contribution < 1.29 is 4.79 Å². The fraction of sp³-hybridized carbons (Fsp3) is 0.643. The molecule has 3 nitrogen and oxygen atoms in total.